The van der Waals surface area contributed by atoms with Gasteiger partial charge in [0.1, 0.15) is 37.4 Å². The average molecular weight is 1020 g/mol. The van der Waals surface area contributed by atoms with Crippen LogP contribution in [0, 0.1) is 35.5 Å². The van der Waals surface area contributed by atoms with Crippen LogP contribution in [0.25, 0.3) is 0 Å². The molecule has 6 N–H and O–H groups in total. The number of amides is 6. The lowest BCUT2D eigenvalue weighted by atomic mass is 9.83. The number of benzene rings is 2. The largest absolute Gasteiger partial charge is 0.363 e. The van der Waals surface area contributed by atoms with Crippen molar-refractivity contribution in [3.05, 3.63) is 70.8 Å². The highest BCUT2D eigenvalue weighted by Crippen LogP contribution is 2.37. The van der Waals surface area contributed by atoms with Gasteiger partial charge in [0.15, 0.2) is 0 Å². The second kappa shape index (κ2) is 26.1. The van der Waals surface area contributed by atoms with Crippen LogP contribution in [0.4, 0.5) is 0 Å². The number of nitrogens with one attached hydrogen (secondary N) is 6. The third kappa shape index (κ3) is 13.0. The number of hydrogen-bond acceptors (Lipinski definition) is 10. The second-order valence-corrected chi connectivity index (χ2v) is 21.2. The van der Waals surface area contributed by atoms with Crippen molar-refractivity contribution in [3.8, 4) is 23.7 Å². The van der Waals surface area contributed by atoms with E-state index in [1.807, 2.05) is 48.5 Å². The van der Waals surface area contributed by atoms with Crippen molar-refractivity contribution < 1.29 is 38.2 Å². The summed E-state index contributed by atoms with van der Waals surface area (Å²) in [6.07, 6.45) is 12.6. The van der Waals surface area contributed by atoms with E-state index in [4.69, 9.17) is 9.47 Å². The fourth-order valence-electron chi connectivity index (χ4n) is 12.2. The molecule has 4 aliphatic carbocycles. The molecule has 6 aliphatic rings. The Bertz CT molecular complexity index is 2280. The molecule has 16 nitrogen and oxygen atoms in total. The van der Waals surface area contributed by atoms with Crippen molar-refractivity contribution in [2.24, 2.45) is 11.8 Å². The maximum Gasteiger partial charge on any atom is 0.246 e. The van der Waals surface area contributed by atoms with Gasteiger partial charge < -0.3 is 51.2 Å². The van der Waals surface area contributed by atoms with Crippen molar-refractivity contribution >= 4 is 35.4 Å². The summed E-state index contributed by atoms with van der Waals surface area (Å²) in [5.74, 6) is 10.6. The molecule has 398 valence electrons. The first-order chi connectivity index (χ1) is 36.0. The van der Waals surface area contributed by atoms with Crippen LogP contribution in [0.15, 0.2) is 48.5 Å². The molecule has 2 heterocycles. The molecule has 74 heavy (non-hydrogen) atoms. The van der Waals surface area contributed by atoms with E-state index in [9.17, 15) is 28.8 Å². The summed E-state index contributed by atoms with van der Waals surface area (Å²) in [7, 11) is 3.44. The fourth-order valence-corrected chi connectivity index (χ4v) is 12.2. The Morgan fingerprint density at radius 3 is 1.34 bits per heavy atom. The highest BCUT2D eigenvalue weighted by molar-refractivity contribution is 5.95. The molecule has 6 amide bonds. The summed E-state index contributed by atoms with van der Waals surface area (Å²) in [6, 6.07) is 11.5. The van der Waals surface area contributed by atoms with Crippen molar-refractivity contribution in [1.29, 1.82) is 0 Å². The predicted octanol–water partition coefficient (Wildman–Crippen LogP) is 3.92. The smallest absolute Gasteiger partial charge is 0.246 e. The average Bonchev–Trinajstić information content (AvgIpc) is 4.26. The number of likely N-dealkylation sites (N-methyl/N-ethyl adjacent to an activating group) is 2. The second-order valence-electron chi connectivity index (χ2n) is 21.2. The first-order valence-electron chi connectivity index (χ1n) is 27.5. The lowest BCUT2D eigenvalue weighted by molar-refractivity contribution is -0.143. The van der Waals surface area contributed by atoms with Crippen LogP contribution in [-0.2, 0) is 51.1 Å². The van der Waals surface area contributed by atoms with E-state index in [0.29, 0.717) is 51.6 Å². The first kappa shape index (κ1) is 54.5. The van der Waals surface area contributed by atoms with Crippen molar-refractivity contribution in [2.75, 3.05) is 40.4 Å². The van der Waals surface area contributed by atoms with Crippen LogP contribution in [0.2, 0.25) is 0 Å². The molecule has 2 aromatic rings. The third-order valence-corrected chi connectivity index (χ3v) is 16.6. The zero-order valence-corrected chi connectivity index (χ0v) is 43.8. The van der Waals surface area contributed by atoms with E-state index in [-0.39, 0.29) is 72.7 Å². The van der Waals surface area contributed by atoms with Crippen molar-refractivity contribution in [1.82, 2.24) is 41.7 Å². The van der Waals surface area contributed by atoms with Crippen LogP contribution in [-0.4, -0.2) is 134 Å². The van der Waals surface area contributed by atoms with Crippen LogP contribution in [0.5, 0.6) is 0 Å². The van der Waals surface area contributed by atoms with Gasteiger partial charge in [0.25, 0.3) is 0 Å². The summed E-state index contributed by atoms with van der Waals surface area (Å²) in [5, 5.41) is 18.6. The van der Waals surface area contributed by atoms with E-state index >= 15 is 0 Å². The Kier molecular flexibility index (Phi) is 19.2. The molecule has 2 aliphatic heterocycles. The normalized spacial score (nSPS) is 25.2. The molecule has 0 aromatic heterocycles. The van der Waals surface area contributed by atoms with Gasteiger partial charge in [-0.05, 0) is 125 Å². The standard InChI is InChI=1S/C58H78N8O8/c1-37(59-3)53(67)61-49(39-21-9-7-10-22-39)57(71)65-31-19-29-45(65)55(69)63-51-43-27-15-13-25-41(43)35-47(51)73-33-17-5-6-18-34-74-48-36-42-26-14-16-28-44(42)52(48)64-56(70)46-30-20-32-66(46)58(72)50(40-23-11-8-12-24-40)62-54(68)38(2)60-4/h13-16,25-28,37-40,45-52,59-60H,7-12,19-24,29-36H2,1-4H3,(H,61,67)(H,62,68)(H,63,69)(H,64,70). The van der Waals surface area contributed by atoms with Gasteiger partial charge in [-0.1, -0.05) is 98.9 Å². The lowest BCUT2D eigenvalue weighted by Gasteiger charge is -2.35. The van der Waals surface area contributed by atoms with Gasteiger partial charge in [-0.25, -0.2) is 0 Å². The number of carbonyl (C=O) groups excluding carboxylic acids is 6. The van der Waals surface area contributed by atoms with Gasteiger partial charge in [-0.2, -0.15) is 0 Å². The number of fused-ring (bicyclic) bond motifs is 2. The SMILES string of the molecule is CNC(C)C(=O)NC(C(=O)N1CCCC1C(=O)NC1c2ccccc2CC1OCC#CC#CCOC1Cc2ccccc2C1NC(=O)C1CCCN1C(=O)C(NC(=O)C(C)NC)C1CCCCC1)C1CCCCC1. The summed E-state index contributed by atoms with van der Waals surface area (Å²) >= 11 is 0. The molecule has 16 heteroatoms. The Morgan fingerprint density at radius 1 is 0.554 bits per heavy atom. The number of ether oxygens (including phenoxy) is 2. The summed E-state index contributed by atoms with van der Waals surface area (Å²) in [6.45, 7) is 4.62. The number of nitrogens with zero attached hydrogens (tertiary/aromatic N) is 2. The zero-order valence-electron chi connectivity index (χ0n) is 43.8. The highest BCUT2D eigenvalue weighted by Gasteiger charge is 2.45. The molecule has 0 bridgehead atoms. The van der Waals surface area contributed by atoms with Gasteiger partial charge in [0, 0.05) is 25.9 Å². The van der Waals surface area contributed by atoms with Gasteiger partial charge in [-0.3, -0.25) is 28.8 Å². The molecule has 4 fully saturated rings. The van der Waals surface area contributed by atoms with Gasteiger partial charge in [-0.15, -0.1) is 0 Å². The summed E-state index contributed by atoms with van der Waals surface area (Å²) in [4.78, 5) is 86.6. The molecular weight excluding hydrogens is 937 g/mol. The van der Waals surface area contributed by atoms with Crippen LogP contribution in [0.3, 0.4) is 0 Å². The topological polar surface area (TPSA) is 200 Å². The lowest BCUT2D eigenvalue weighted by Crippen LogP contribution is -2.58. The minimum atomic E-state index is -0.679. The predicted molar refractivity (Wildman–Crippen MR) is 281 cm³/mol. The van der Waals surface area contributed by atoms with E-state index < -0.39 is 48.3 Å². The van der Waals surface area contributed by atoms with Gasteiger partial charge >= 0.3 is 0 Å². The number of likely N-dealkylation sites (tertiary alicyclic amines) is 2. The Labute approximate surface area is 437 Å². The van der Waals surface area contributed by atoms with Gasteiger partial charge in [0.05, 0.1) is 36.4 Å². The Balaban J connectivity index is 0.858. The molecule has 0 radical (unpaired) electrons. The highest BCUT2D eigenvalue weighted by atomic mass is 16.5. The molecule has 10 atom stereocenters. The molecular formula is C58H78N8O8. The Morgan fingerprint density at radius 2 is 0.946 bits per heavy atom. The monoisotopic (exact) mass is 1010 g/mol. The van der Waals surface area contributed by atoms with Crippen LogP contribution < -0.4 is 31.9 Å². The minimum absolute atomic E-state index is 0.0261. The molecule has 10 unspecified atom stereocenters. The first-order valence-corrected chi connectivity index (χ1v) is 27.5. The summed E-state index contributed by atoms with van der Waals surface area (Å²) in [5.41, 5.74) is 4.10. The zero-order chi connectivity index (χ0) is 52.1. The third-order valence-electron chi connectivity index (χ3n) is 16.6. The molecule has 8 rings (SSSR count). The van der Waals surface area contributed by atoms with Gasteiger partial charge in [0.2, 0.25) is 35.4 Å². The van der Waals surface area contributed by atoms with Crippen LogP contribution >= 0.6 is 0 Å². The Hall–Kier alpha value is -5.78. The maximum atomic E-state index is 14.3. The maximum absolute atomic E-state index is 14.3. The molecule has 0 spiro atoms. The molecule has 2 aromatic carbocycles. The van der Waals surface area contributed by atoms with E-state index in [1.54, 1.807) is 37.7 Å². The number of hydrogen-bond donors (Lipinski definition) is 6. The van der Waals surface area contributed by atoms with Crippen molar-refractivity contribution in [2.45, 2.75) is 177 Å². The minimum Gasteiger partial charge on any atom is -0.363 e. The van der Waals surface area contributed by atoms with Crippen LogP contribution in [0.1, 0.15) is 138 Å². The van der Waals surface area contributed by atoms with E-state index in [0.717, 1.165) is 86.5 Å². The summed E-state index contributed by atoms with van der Waals surface area (Å²) < 4.78 is 12.7. The number of carbonyl (C=O) groups is 6. The molecule has 2 saturated heterocycles. The van der Waals surface area contributed by atoms with E-state index in [2.05, 4.69) is 55.6 Å². The fraction of sp³-hybridized carbons (Fsp3) is 0.621. The quantitative estimate of drug-likeness (QED) is 0.119. The van der Waals surface area contributed by atoms with Crippen molar-refractivity contribution in [3.63, 3.8) is 0 Å². The number of rotatable bonds is 18. The van der Waals surface area contributed by atoms with E-state index in [1.165, 1.54) is 0 Å². The molecule has 2 saturated carbocycles.